The van der Waals surface area contributed by atoms with E-state index in [0.717, 1.165) is 6.42 Å². The zero-order chi connectivity index (χ0) is 12.7. The molecule has 0 aromatic heterocycles. The van der Waals surface area contributed by atoms with Crippen molar-refractivity contribution in [1.29, 1.82) is 0 Å². The van der Waals surface area contributed by atoms with Crippen LogP contribution in [0.4, 0.5) is 10.1 Å². The molecule has 2 N–H and O–H groups in total. The molecule has 0 unspecified atom stereocenters. The first-order valence-corrected chi connectivity index (χ1v) is 5.52. The highest BCUT2D eigenvalue weighted by atomic mass is 19.1. The van der Waals surface area contributed by atoms with Crippen LogP contribution in [-0.2, 0) is 4.74 Å². The lowest BCUT2D eigenvalue weighted by atomic mass is 10.2. The number of hydrogen-bond donors (Lipinski definition) is 1. The highest BCUT2D eigenvalue weighted by Crippen LogP contribution is 2.29. The van der Waals surface area contributed by atoms with Gasteiger partial charge in [0.1, 0.15) is 12.4 Å². The lowest BCUT2D eigenvalue weighted by Crippen LogP contribution is -2.08. The molecule has 0 bridgehead atoms. The van der Waals surface area contributed by atoms with Crippen molar-refractivity contribution in [2.75, 3.05) is 32.7 Å². The zero-order valence-corrected chi connectivity index (χ0v) is 10.2. The van der Waals surface area contributed by atoms with E-state index in [4.69, 9.17) is 19.9 Å². The second-order valence-electron chi connectivity index (χ2n) is 3.49. The summed E-state index contributed by atoms with van der Waals surface area (Å²) < 4.78 is 28.9. The smallest absolute Gasteiger partial charge is 0.167 e. The minimum Gasteiger partial charge on any atom is -0.494 e. The fourth-order valence-electron chi connectivity index (χ4n) is 1.29. The number of nitrogens with two attached hydrogens (primary N) is 1. The van der Waals surface area contributed by atoms with Gasteiger partial charge in [0.05, 0.1) is 19.4 Å². The number of halogens is 1. The summed E-state index contributed by atoms with van der Waals surface area (Å²) in [4.78, 5) is 0. The molecular weight excluding hydrogens is 225 g/mol. The van der Waals surface area contributed by atoms with Crippen LogP contribution in [0, 0.1) is 5.82 Å². The van der Waals surface area contributed by atoms with E-state index in [2.05, 4.69) is 0 Å². The van der Waals surface area contributed by atoms with Crippen LogP contribution in [0.3, 0.4) is 0 Å². The lowest BCUT2D eigenvalue weighted by Gasteiger charge is -2.10. The van der Waals surface area contributed by atoms with Crippen LogP contribution in [0.1, 0.15) is 13.3 Å². The maximum atomic E-state index is 13.4. The van der Waals surface area contributed by atoms with E-state index in [1.54, 1.807) is 0 Å². The Morgan fingerprint density at radius 1 is 1.18 bits per heavy atom. The molecule has 0 atom stereocenters. The number of methoxy groups -OCH3 is 1. The fourth-order valence-corrected chi connectivity index (χ4v) is 1.29. The van der Waals surface area contributed by atoms with Crippen LogP contribution in [0.15, 0.2) is 12.1 Å². The maximum absolute atomic E-state index is 13.4. The van der Waals surface area contributed by atoms with Gasteiger partial charge in [-0.2, -0.15) is 0 Å². The van der Waals surface area contributed by atoms with Crippen LogP contribution in [0.25, 0.3) is 0 Å². The number of nitrogen functional groups attached to an aromatic ring is 1. The van der Waals surface area contributed by atoms with Crippen molar-refractivity contribution in [3.05, 3.63) is 17.9 Å². The Hall–Kier alpha value is -1.49. The third-order valence-corrected chi connectivity index (χ3v) is 2.12. The van der Waals surface area contributed by atoms with Gasteiger partial charge in [0.25, 0.3) is 0 Å². The molecule has 0 radical (unpaired) electrons. The second kappa shape index (κ2) is 6.96. The number of hydrogen-bond acceptors (Lipinski definition) is 4. The van der Waals surface area contributed by atoms with Crippen LogP contribution >= 0.6 is 0 Å². The minimum absolute atomic E-state index is 0.121. The van der Waals surface area contributed by atoms with Gasteiger partial charge in [0, 0.05) is 18.7 Å². The van der Waals surface area contributed by atoms with Crippen molar-refractivity contribution in [2.24, 2.45) is 0 Å². The molecule has 1 aromatic carbocycles. The van der Waals surface area contributed by atoms with E-state index in [1.165, 1.54) is 19.2 Å². The van der Waals surface area contributed by atoms with Crippen LogP contribution in [0.2, 0.25) is 0 Å². The SMILES string of the molecule is CCCOCCOc1cc(OC)c(N)cc1F. The van der Waals surface area contributed by atoms with Crippen molar-refractivity contribution >= 4 is 5.69 Å². The van der Waals surface area contributed by atoms with E-state index >= 15 is 0 Å². The predicted octanol–water partition coefficient (Wildman–Crippen LogP) is 2.22. The third kappa shape index (κ3) is 4.11. The zero-order valence-electron chi connectivity index (χ0n) is 10.2. The number of ether oxygens (including phenoxy) is 3. The van der Waals surface area contributed by atoms with Gasteiger partial charge in [0.2, 0.25) is 0 Å². The van der Waals surface area contributed by atoms with Crippen LogP contribution in [-0.4, -0.2) is 26.9 Å². The molecule has 0 saturated carbocycles. The van der Waals surface area contributed by atoms with Gasteiger partial charge in [0.15, 0.2) is 11.6 Å². The maximum Gasteiger partial charge on any atom is 0.167 e. The molecule has 0 aliphatic rings. The number of benzene rings is 1. The molecule has 0 amide bonds. The molecule has 0 heterocycles. The number of rotatable bonds is 7. The van der Waals surface area contributed by atoms with Gasteiger partial charge in [-0.05, 0) is 6.42 Å². The topological polar surface area (TPSA) is 53.7 Å². The minimum atomic E-state index is -0.501. The highest BCUT2D eigenvalue weighted by molar-refractivity contribution is 5.56. The summed E-state index contributed by atoms with van der Waals surface area (Å²) in [6.45, 7) is 3.42. The number of anilines is 1. The predicted molar refractivity (Wildman–Crippen MR) is 64.0 cm³/mol. The van der Waals surface area contributed by atoms with Gasteiger partial charge in [-0.3, -0.25) is 0 Å². The van der Waals surface area contributed by atoms with E-state index < -0.39 is 5.82 Å². The summed E-state index contributed by atoms with van der Waals surface area (Å²) in [5.74, 6) is 0.0193. The molecule has 1 aromatic rings. The monoisotopic (exact) mass is 243 g/mol. The Morgan fingerprint density at radius 2 is 1.94 bits per heavy atom. The summed E-state index contributed by atoms with van der Waals surface area (Å²) >= 11 is 0. The summed E-state index contributed by atoms with van der Waals surface area (Å²) in [7, 11) is 1.47. The van der Waals surface area contributed by atoms with Crippen molar-refractivity contribution in [3.8, 4) is 11.5 Å². The van der Waals surface area contributed by atoms with E-state index in [-0.39, 0.29) is 11.4 Å². The fraction of sp³-hybridized carbons (Fsp3) is 0.500. The van der Waals surface area contributed by atoms with E-state index in [1.807, 2.05) is 6.92 Å². The molecule has 0 aliphatic heterocycles. The van der Waals surface area contributed by atoms with Crippen molar-refractivity contribution in [1.82, 2.24) is 0 Å². The van der Waals surface area contributed by atoms with Crippen LogP contribution < -0.4 is 15.2 Å². The van der Waals surface area contributed by atoms with Gasteiger partial charge < -0.3 is 19.9 Å². The molecule has 5 heteroatoms. The van der Waals surface area contributed by atoms with Crippen molar-refractivity contribution < 1.29 is 18.6 Å². The van der Waals surface area contributed by atoms with Crippen molar-refractivity contribution in [2.45, 2.75) is 13.3 Å². The summed E-state index contributed by atoms with van der Waals surface area (Å²) in [5, 5.41) is 0. The normalized spacial score (nSPS) is 10.3. The molecule has 4 nitrogen and oxygen atoms in total. The van der Waals surface area contributed by atoms with Crippen LogP contribution in [0.5, 0.6) is 11.5 Å². The molecule has 17 heavy (non-hydrogen) atoms. The Labute approximate surface area is 100 Å². The Kier molecular flexibility index (Phi) is 5.56. The molecule has 0 spiro atoms. The quantitative estimate of drug-likeness (QED) is 0.589. The lowest BCUT2D eigenvalue weighted by molar-refractivity contribution is 0.0991. The molecule has 0 fully saturated rings. The molecule has 0 aliphatic carbocycles. The first-order valence-electron chi connectivity index (χ1n) is 5.52. The van der Waals surface area contributed by atoms with Gasteiger partial charge in [-0.25, -0.2) is 4.39 Å². The summed E-state index contributed by atoms with van der Waals surface area (Å²) in [6, 6.07) is 2.62. The van der Waals surface area contributed by atoms with Crippen molar-refractivity contribution in [3.63, 3.8) is 0 Å². The molecular formula is C12H18FNO3. The molecule has 0 saturated heterocycles. The highest BCUT2D eigenvalue weighted by Gasteiger charge is 2.09. The second-order valence-corrected chi connectivity index (χ2v) is 3.49. The average Bonchev–Trinajstić information content (AvgIpc) is 2.31. The Bertz CT molecular complexity index is 358. The van der Waals surface area contributed by atoms with E-state index in [9.17, 15) is 4.39 Å². The standard InChI is InChI=1S/C12H18FNO3/c1-3-4-16-5-6-17-11-8-12(15-2)10(14)7-9(11)13/h7-8H,3-6,14H2,1-2H3. The summed E-state index contributed by atoms with van der Waals surface area (Å²) in [6.07, 6.45) is 0.948. The van der Waals surface area contributed by atoms with Gasteiger partial charge >= 0.3 is 0 Å². The Balaban J connectivity index is 2.52. The largest absolute Gasteiger partial charge is 0.494 e. The third-order valence-electron chi connectivity index (χ3n) is 2.12. The first kappa shape index (κ1) is 13.6. The van der Waals surface area contributed by atoms with Gasteiger partial charge in [-0.15, -0.1) is 0 Å². The summed E-state index contributed by atoms with van der Waals surface area (Å²) in [5.41, 5.74) is 5.80. The van der Waals surface area contributed by atoms with E-state index in [0.29, 0.717) is 25.6 Å². The van der Waals surface area contributed by atoms with Gasteiger partial charge in [-0.1, -0.05) is 6.92 Å². The molecule has 1 rings (SSSR count). The Morgan fingerprint density at radius 3 is 2.59 bits per heavy atom. The average molecular weight is 243 g/mol. The molecule has 96 valence electrons. The first-order chi connectivity index (χ1) is 8.19.